The lowest BCUT2D eigenvalue weighted by Crippen LogP contribution is -2.40. The van der Waals surface area contributed by atoms with Crippen molar-refractivity contribution in [2.45, 2.75) is 49.3 Å². The Labute approximate surface area is 225 Å². The molecule has 1 saturated heterocycles. The van der Waals surface area contributed by atoms with Gasteiger partial charge in [0.25, 0.3) is 0 Å². The third kappa shape index (κ3) is 2.72. The highest BCUT2D eigenvalue weighted by molar-refractivity contribution is 7.36. The van der Waals surface area contributed by atoms with E-state index < -0.39 is 0 Å². The zero-order valence-electron chi connectivity index (χ0n) is 21.4. The van der Waals surface area contributed by atoms with E-state index in [0.717, 1.165) is 5.92 Å². The van der Waals surface area contributed by atoms with Gasteiger partial charge >= 0.3 is 0 Å². The maximum atomic E-state index is 2.65. The van der Waals surface area contributed by atoms with Gasteiger partial charge < -0.3 is 0 Å². The van der Waals surface area contributed by atoms with Crippen LogP contribution >= 0.6 is 22.7 Å². The van der Waals surface area contributed by atoms with Gasteiger partial charge in [0.2, 0.25) is 0 Å². The Balaban J connectivity index is 1.30. The van der Waals surface area contributed by atoms with Gasteiger partial charge in [-0.05, 0) is 79.5 Å². The van der Waals surface area contributed by atoms with Crippen molar-refractivity contribution in [3.05, 3.63) is 84.0 Å². The van der Waals surface area contributed by atoms with E-state index in [1.165, 1.54) is 46.8 Å². The van der Waals surface area contributed by atoms with E-state index in [4.69, 9.17) is 0 Å². The molecule has 5 aromatic rings. The van der Waals surface area contributed by atoms with Gasteiger partial charge in [-0.2, -0.15) is 0 Å². The van der Waals surface area contributed by atoms with Gasteiger partial charge in [0.15, 0.2) is 0 Å². The van der Waals surface area contributed by atoms with Crippen LogP contribution in [0.2, 0.25) is 0 Å². The van der Waals surface area contributed by atoms with Gasteiger partial charge in [-0.3, -0.25) is 9.80 Å². The Kier molecular flexibility index (Phi) is 4.24. The molecule has 5 heterocycles. The Morgan fingerprint density at radius 2 is 1.38 bits per heavy atom. The van der Waals surface area contributed by atoms with Gasteiger partial charge in [-0.1, -0.05) is 48.6 Å². The van der Waals surface area contributed by atoms with Crippen LogP contribution in [0.15, 0.2) is 72.8 Å². The number of hydrogen-bond donors (Lipinski definition) is 0. The van der Waals surface area contributed by atoms with E-state index in [1.54, 1.807) is 11.1 Å². The molecular weight excluding hydrogens is 489 g/mol. The molecule has 1 fully saturated rings. The third-order valence-electron chi connectivity index (χ3n) is 10.3. The second-order valence-corrected chi connectivity index (χ2v) is 14.0. The lowest BCUT2D eigenvalue weighted by molar-refractivity contribution is 0.207. The van der Waals surface area contributed by atoms with E-state index >= 15 is 0 Å². The van der Waals surface area contributed by atoms with E-state index in [-0.39, 0.29) is 0 Å². The Hall–Kier alpha value is -2.50. The third-order valence-corrected chi connectivity index (χ3v) is 12.8. The monoisotopic (exact) mass is 518 g/mol. The Morgan fingerprint density at radius 1 is 0.703 bits per heavy atom. The van der Waals surface area contributed by atoms with E-state index in [2.05, 4.69) is 104 Å². The smallest absolute Gasteiger partial charge is 0.0542 e. The highest BCUT2D eigenvalue weighted by Crippen LogP contribution is 2.58. The van der Waals surface area contributed by atoms with E-state index in [9.17, 15) is 0 Å². The lowest BCUT2D eigenvalue weighted by Gasteiger charge is -2.42. The van der Waals surface area contributed by atoms with Crippen LogP contribution in [0.25, 0.3) is 40.3 Å². The molecule has 7 atom stereocenters. The number of thiophene rings is 2. The predicted molar refractivity (Wildman–Crippen MR) is 160 cm³/mol. The van der Waals surface area contributed by atoms with Crippen molar-refractivity contribution in [2.24, 2.45) is 5.92 Å². The number of benzene rings is 3. The normalized spacial score (nSPS) is 33.0. The quantitative estimate of drug-likeness (QED) is 0.207. The molecule has 0 spiro atoms. The summed E-state index contributed by atoms with van der Waals surface area (Å²) in [5.41, 5.74) is 3.27. The summed E-state index contributed by atoms with van der Waals surface area (Å²) in [6.45, 7) is 2.34. The van der Waals surface area contributed by atoms with Crippen molar-refractivity contribution in [2.75, 3.05) is 14.1 Å². The largest absolute Gasteiger partial charge is 0.293 e. The van der Waals surface area contributed by atoms with Crippen LogP contribution < -0.4 is 0 Å². The number of hydrogen-bond acceptors (Lipinski definition) is 4. The molecule has 184 valence electrons. The van der Waals surface area contributed by atoms with Crippen LogP contribution in [0, 0.1) is 5.92 Å². The molecule has 0 amide bonds. The van der Waals surface area contributed by atoms with Crippen LogP contribution in [0.4, 0.5) is 0 Å². The molecular formula is C33H30N2S2. The molecule has 9 rings (SSSR count). The minimum Gasteiger partial charge on any atom is -0.293 e. The summed E-state index contributed by atoms with van der Waals surface area (Å²) in [6, 6.07) is 21.0. The first-order valence-electron chi connectivity index (χ1n) is 13.7. The van der Waals surface area contributed by atoms with Crippen LogP contribution in [0.1, 0.15) is 36.3 Å². The molecule has 1 aliphatic carbocycles. The summed E-state index contributed by atoms with van der Waals surface area (Å²) in [6.07, 6.45) is 11.2. The highest BCUT2D eigenvalue weighted by atomic mass is 32.1. The van der Waals surface area contributed by atoms with Gasteiger partial charge in [0.1, 0.15) is 0 Å². The highest BCUT2D eigenvalue weighted by Gasteiger charge is 2.53. The molecule has 2 aromatic heterocycles. The first-order valence-corrected chi connectivity index (χ1v) is 15.3. The molecule has 3 aromatic carbocycles. The zero-order chi connectivity index (χ0) is 24.6. The molecule has 3 aliphatic heterocycles. The molecule has 4 aliphatic rings. The number of rotatable bonds is 1. The zero-order valence-corrected chi connectivity index (χ0v) is 23.0. The number of fused-ring (bicyclic) bond motifs is 13. The van der Waals surface area contributed by atoms with Crippen molar-refractivity contribution < 1.29 is 0 Å². The standard InChI is InChI=1S/C33H30N2S2/c1-17-8-9-26(34(17)2)21-15-23-27-10-11-28(35(27)3)31(23)22-16-30-25(14-20(21)22)33-32(37-30)24-12-18-6-4-5-7-19(18)13-29(24)36-33/h4-14,16-17,21,23,26-28,31H,15H2,1-3H3/t17?,21-,23-,26?,27?,28?,31-/m0/s1. The minimum absolute atomic E-state index is 0.488. The molecule has 0 radical (unpaired) electrons. The van der Waals surface area contributed by atoms with E-state index in [1.807, 2.05) is 22.7 Å². The fourth-order valence-corrected chi connectivity index (χ4v) is 11.0. The first-order chi connectivity index (χ1) is 18.1. The van der Waals surface area contributed by atoms with Gasteiger partial charge in [0.05, 0.1) is 9.40 Å². The van der Waals surface area contributed by atoms with Crippen molar-refractivity contribution in [1.29, 1.82) is 0 Å². The minimum atomic E-state index is 0.488. The first kappa shape index (κ1) is 21.4. The molecule has 0 N–H and O–H groups in total. The lowest BCUT2D eigenvalue weighted by atomic mass is 9.64. The number of likely N-dealkylation sites (N-methyl/N-ethyl adjacent to an activating group) is 2. The Bertz CT molecular complexity index is 1820. The summed E-state index contributed by atoms with van der Waals surface area (Å²) in [4.78, 5) is 5.24. The number of nitrogens with zero attached hydrogens (tertiary/aromatic N) is 2. The van der Waals surface area contributed by atoms with Gasteiger partial charge in [-0.25, -0.2) is 0 Å². The van der Waals surface area contributed by atoms with Gasteiger partial charge in [0, 0.05) is 56.2 Å². The fourth-order valence-electron chi connectivity index (χ4n) is 8.29. The average Bonchev–Trinajstić information content (AvgIpc) is 3.69. The van der Waals surface area contributed by atoms with Crippen molar-refractivity contribution in [3.8, 4) is 0 Å². The SMILES string of the molecule is CC1C=CC([C@H]2C[C@H]3C4C=CC([C@H]3c3cc5sc6c7cc8ccccc8cc7sc6c5cc32)N4C)N1C. The predicted octanol–water partition coefficient (Wildman–Crippen LogP) is 8.12. The van der Waals surface area contributed by atoms with Crippen molar-refractivity contribution >= 4 is 63.0 Å². The maximum absolute atomic E-state index is 2.65. The molecule has 0 saturated carbocycles. The average molecular weight is 519 g/mol. The second-order valence-electron chi connectivity index (χ2n) is 11.9. The Morgan fingerprint density at radius 3 is 2.14 bits per heavy atom. The second kappa shape index (κ2) is 7.33. The summed E-state index contributed by atoms with van der Waals surface area (Å²) in [7, 11) is 4.67. The van der Waals surface area contributed by atoms with Crippen LogP contribution in [0.3, 0.4) is 0 Å². The summed E-state index contributed by atoms with van der Waals surface area (Å²) < 4.78 is 5.87. The maximum Gasteiger partial charge on any atom is 0.0542 e. The fraction of sp³-hybridized carbons (Fsp3) is 0.333. The van der Waals surface area contributed by atoms with Crippen molar-refractivity contribution in [1.82, 2.24) is 9.80 Å². The summed E-state index contributed by atoms with van der Waals surface area (Å²) in [5.74, 6) is 1.91. The van der Waals surface area contributed by atoms with Crippen LogP contribution in [0.5, 0.6) is 0 Å². The molecule has 4 heteroatoms. The topological polar surface area (TPSA) is 6.48 Å². The van der Waals surface area contributed by atoms with E-state index in [0.29, 0.717) is 36.0 Å². The summed E-state index contributed by atoms with van der Waals surface area (Å²) >= 11 is 4.02. The molecule has 37 heavy (non-hydrogen) atoms. The van der Waals surface area contributed by atoms with Crippen LogP contribution in [-0.2, 0) is 0 Å². The van der Waals surface area contributed by atoms with Gasteiger partial charge in [-0.15, -0.1) is 22.7 Å². The molecule has 4 unspecified atom stereocenters. The van der Waals surface area contributed by atoms with Crippen molar-refractivity contribution in [3.63, 3.8) is 0 Å². The van der Waals surface area contributed by atoms with Crippen LogP contribution in [-0.4, -0.2) is 48.1 Å². The molecule has 2 nitrogen and oxygen atoms in total. The molecule has 2 bridgehead atoms. The summed E-state index contributed by atoms with van der Waals surface area (Å²) in [5, 5.41) is 5.60.